The van der Waals surface area contributed by atoms with Crippen molar-refractivity contribution in [2.24, 2.45) is 0 Å². The first-order chi connectivity index (χ1) is 11.6. The summed E-state index contributed by atoms with van der Waals surface area (Å²) in [7, 11) is -3.62. The van der Waals surface area contributed by atoms with Gasteiger partial charge in [0.05, 0.1) is 13.2 Å². The van der Waals surface area contributed by atoms with E-state index in [4.69, 9.17) is 8.85 Å². The van der Waals surface area contributed by atoms with Crippen LogP contribution in [-0.4, -0.2) is 15.7 Å². The van der Waals surface area contributed by atoms with Crippen LogP contribution < -0.4 is 0 Å². The molecule has 0 saturated carbocycles. The third-order valence-electron chi connectivity index (χ3n) is 5.22. The molecule has 0 N–H and O–H groups in total. The van der Waals surface area contributed by atoms with Gasteiger partial charge in [-0.2, -0.15) is 0 Å². The Morgan fingerprint density at radius 2 is 1.17 bits per heavy atom. The summed E-state index contributed by atoms with van der Waals surface area (Å²) in [5, 5.41) is 0. The van der Waals surface area contributed by atoms with Crippen molar-refractivity contribution in [1.82, 2.24) is 0 Å². The maximum atomic E-state index is 6.67. The van der Waals surface area contributed by atoms with E-state index in [1.54, 1.807) is 0 Å². The Bertz CT molecular complexity index is 585. The topological polar surface area (TPSA) is 18.5 Å². The van der Waals surface area contributed by atoms with Crippen LogP contribution in [0, 0.1) is 0 Å². The summed E-state index contributed by atoms with van der Waals surface area (Å²) in [6, 6.07) is 23.5. The molecule has 1 saturated heterocycles. The molecule has 2 aromatic carbocycles. The first-order valence-corrected chi connectivity index (χ1v) is 15.2. The molecule has 0 unspecified atom stereocenters. The average Bonchev–Trinajstić information content (AvgIpc) is 2.61. The number of hydrogen-bond acceptors (Lipinski definition) is 2. The second-order valence-corrected chi connectivity index (χ2v) is 20.6. The minimum absolute atomic E-state index is 0.693. The molecule has 1 fully saturated rings. The third-order valence-corrected chi connectivity index (χ3v) is 19.7. The van der Waals surface area contributed by atoms with Gasteiger partial charge in [-0.25, -0.2) is 0 Å². The molecular weight excluding hydrogens is 328 g/mol. The summed E-state index contributed by atoms with van der Waals surface area (Å²) in [5.74, 6) is 0. The summed E-state index contributed by atoms with van der Waals surface area (Å²) in [5.41, 5.74) is 2.51. The summed E-state index contributed by atoms with van der Waals surface area (Å²) >= 11 is 0. The van der Waals surface area contributed by atoms with Gasteiger partial charge >= 0.3 is 8.08 Å². The fraction of sp³-hybridized carbons (Fsp3) is 0.400. The van der Waals surface area contributed by atoms with Gasteiger partial charge in [0.2, 0.25) is 0 Å². The largest absolute Gasteiger partial charge is 0.392 e. The lowest BCUT2D eigenvalue weighted by Crippen LogP contribution is -2.64. The molecule has 1 heterocycles. The average molecular weight is 357 g/mol. The smallest absolute Gasteiger partial charge is 0.316 e. The normalized spacial score (nSPS) is 19.1. The van der Waals surface area contributed by atoms with Crippen molar-refractivity contribution >= 4 is 15.7 Å². The molecule has 0 radical (unpaired) electrons. The van der Waals surface area contributed by atoms with Gasteiger partial charge in [-0.1, -0.05) is 92.6 Å². The maximum absolute atomic E-state index is 6.67. The summed E-state index contributed by atoms with van der Waals surface area (Å²) in [6.45, 7) is 6.35. The zero-order chi connectivity index (χ0) is 16.9. The molecule has 24 heavy (non-hydrogen) atoms. The van der Waals surface area contributed by atoms with E-state index in [9.17, 15) is 0 Å². The van der Waals surface area contributed by atoms with Gasteiger partial charge in [0.15, 0.2) is 0 Å². The molecule has 0 aromatic heterocycles. The van der Waals surface area contributed by atoms with Gasteiger partial charge < -0.3 is 8.85 Å². The van der Waals surface area contributed by atoms with Crippen LogP contribution in [0.2, 0.25) is 25.2 Å². The van der Waals surface area contributed by atoms with Gasteiger partial charge in [0.1, 0.15) is 7.59 Å². The fourth-order valence-corrected chi connectivity index (χ4v) is 15.4. The fourth-order valence-electron chi connectivity index (χ4n) is 3.58. The lowest BCUT2D eigenvalue weighted by molar-refractivity contribution is 0.166. The van der Waals surface area contributed by atoms with Crippen LogP contribution in [-0.2, 0) is 22.1 Å². The highest BCUT2D eigenvalue weighted by Crippen LogP contribution is 2.38. The Kier molecular flexibility index (Phi) is 5.71. The van der Waals surface area contributed by atoms with E-state index < -0.39 is 15.7 Å². The molecule has 0 atom stereocenters. The van der Waals surface area contributed by atoms with Crippen LogP contribution in [0.3, 0.4) is 0 Å². The van der Waals surface area contributed by atoms with Crippen molar-refractivity contribution < 1.29 is 8.85 Å². The Balaban J connectivity index is 1.75. The minimum Gasteiger partial charge on any atom is -0.392 e. The highest BCUT2D eigenvalue weighted by Gasteiger charge is 2.54. The first kappa shape index (κ1) is 17.6. The van der Waals surface area contributed by atoms with Crippen molar-refractivity contribution in [3.63, 3.8) is 0 Å². The minimum atomic E-state index is -2.14. The van der Waals surface area contributed by atoms with Crippen molar-refractivity contribution in [2.75, 3.05) is 0 Å². The Labute approximate surface area is 147 Å². The summed E-state index contributed by atoms with van der Waals surface area (Å²) in [6.07, 6.45) is 2.60. The SMILES string of the molecule is C[Si]1(C)CCCC[Si]1(OCc1ccccc1)OCc1ccccc1. The zero-order valence-electron chi connectivity index (χ0n) is 14.8. The molecule has 0 spiro atoms. The van der Waals surface area contributed by atoms with Crippen molar-refractivity contribution in [3.8, 4) is 0 Å². The van der Waals surface area contributed by atoms with Crippen molar-refractivity contribution in [3.05, 3.63) is 71.8 Å². The molecule has 4 heteroatoms. The number of benzene rings is 2. The molecule has 0 bridgehead atoms. The molecule has 128 valence electrons. The van der Waals surface area contributed by atoms with Crippen LogP contribution in [0.15, 0.2) is 60.7 Å². The lowest BCUT2D eigenvalue weighted by Gasteiger charge is -2.45. The van der Waals surface area contributed by atoms with Crippen LogP contribution >= 0.6 is 0 Å². The van der Waals surface area contributed by atoms with Gasteiger partial charge in [-0.05, 0) is 17.2 Å². The number of rotatable bonds is 6. The van der Waals surface area contributed by atoms with E-state index in [2.05, 4.69) is 73.8 Å². The van der Waals surface area contributed by atoms with E-state index in [-0.39, 0.29) is 0 Å². The Morgan fingerprint density at radius 1 is 0.708 bits per heavy atom. The highest BCUT2D eigenvalue weighted by atomic mass is 29.3. The van der Waals surface area contributed by atoms with Gasteiger partial charge in [-0.15, -0.1) is 0 Å². The predicted molar refractivity (Wildman–Crippen MR) is 105 cm³/mol. The number of hydrogen-bond donors (Lipinski definition) is 0. The molecule has 1 aliphatic rings. The maximum Gasteiger partial charge on any atom is 0.316 e. The Hall–Kier alpha value is -1.21. The van der Waals surface area contributed by atoms with E-state index in [0.29, 0.717) is 13.2 Å². The van der Waals surface area contributed by atoms with E-state index in [1.807, 2.05) is 0 Å². The van der Waals surface area contributed by atoms with Crippen molar-refractivity contribution in [1.29, 1.82) is 0 Å². The standard InChI is InChI=1S/C20H28O2Si2/c1-23(2)15-9-10-16-24(23,21-17-19-11-5-3-6-12-19)22-18-20-13-7-4-8-14-20/h3-8,11-14H,9-10,15-18H2,1-2H3. The van der Waals surface area contributed by atoms with Crippen LogP contribution in [0.4, 0.5) is 0 Å². The van der Waals surface area contributed by atoms with E-state index in [1.165, 1.54) is 30.0 Å². The summed E-state index contributed by atoms with van der Waals surface area (Å²) < 4.78 is 13.3. The van der Waals surface area contributed by atoms with Crippen LogP contribution in [0.1, 0.15) is 24.0 Å². The zero-order valence-corrected chi connectivity index (χ0v) is 16.8. The highest BCUT2D eigenvalue weighted by molar-refractivity contribution is 7.36. The molecule has 2 nitrogen and oxygen atoms in total. The second-order valence-electron chi connectivity index (χ2n) is 7.39. The quantitative estimate of drug-likeness (QED) is 0.641. The molecular formula is C20H28O2Si2. The van der Waals surface area contributed by atoms with E-state index >= 15 is 0 Å². The van der Waals surface area contributed by atoms with Crippen molar-refractivity contribution in [2.45, 2.75) is 51.2 Å². The molecule has 2 aromatic rings. The van der Waals surface area contributed by atoms with Gasteiger partial charge in [0.25, 0.3) is 0 Å². The molecule has 3 rings (SSSR count). The lowest BCUT2D eigenvalue weighted by atomic mass is 10.2. The van der Waals surface area contributed by atoms with Gasteiger partial charge in [0, 0.05) is 0 Å². The third kappa shape index (κ3) is 4.06. The van der Waals surface area contributed by atoms with Gasteiger partial charge in [-0.3, -0.25) is 0 Å². The monoisotopic (exact) mass is 356 g/mol. The predicted octanol–water partition coefficient (Wildman–Crippen LogP) is 5.44. The molecule has 0 amide bonds. The van der Waals surface area contributed by atoms with E-state index in [0.717, 1.165) is 6.04 Å². The van der Waals surface area contributed by atoms with Crippen LogP contribution in [0.25, 0.3) is 0 Å². The summed E-state index contributed by atoms with van der Waals surface area (Å²) in [4.78, 5) is 0. The molecule has 1 aliphatic heterocycles. The Morgan fingerprint density at radius 3 is 1.62 bits per heavy atom. The van der Waals surface area contributed by atoms with Crippen LogP contribution in [0.5, 0.6) is 0 Å². The first-order valence-electron chi connectivity index (χ1n) is 8.97. The molecule has 0 aliphatic carbocycles. The second kappa shape index (κ2) is 7.78.